The fourth-order valence-electron chi connectivity index (χ4n) is 2.66. The highest BCUT2D eigenvalue weighted by Gasteiger charge is 2.15. The van der Waals surface area contributed by atoms with Crippen LogP contribution in [0.15, 0.2) is 18.2 Å². The van der Waals surface area contributed by atoms with Crippen LogP contribution in [-0.2, 0) is 0 Å². The summed E-state index contributed by atoms with van der Waals surface area (Å²) >= 11 is 0. The van der Waals surface area contributed by atoms with Crippen LogP contribution in [0.2, 0.25) is 0 Å². The summed E-state index contributed by atoms with van der Waals surface area (Å²) in [6.07, 6.45) is 2.60. The number of likely N-dealkylation sites (tertiary alicyclic amines) is 1. The van der Waals surface area contributed by atoms with Crippen LogP contribution in [0.4, 0.5) is 11.4 Å². The van der Waals surface area contributed by atoms with Crippen molar-refractivity contribution in [3.05, 3.63) is 23.8 Å². The van der Waals surface area contributed by atoms with Crippen LogP contribution in [0.25, 0.3) is 0 Å². The second kappa shape index (κ2) is 6.61. The van der Waals surface area contributed by atoms with Gasteiger partial charge in [0.2, 0.25) is 0 Å². The molecule has 0 aliphatic carbocycles. The number of nitrogen functional groups attached to an aromatic ring is 1. The number of para-hydroxylation sites is 1. The standard InChI is InChI=1S/C15H23N3O2/c1-11(10-18-7-2-3-8-18)9-17-13-6-4-5-12(14(13)16)15(19)20/h4-6,11,17H,2-3,7-10,16H2,1H3,(H,19,20). The number of hydrogen-bond acceptors (Lipinski definition) is 4. The van der Waals surface area contributed by atoms with Gasteiger partial charge in [0.05, 0.1) is 16.9 Å². The molecule has 0 saturated carbocycles. The van der Waals surface area contributed by atoms with Gasteiger partial charge in [-0.05, 0) is 44.0 Å². The Labute approximate surface area is 119 Å². The molecule has 0 spiro atoms. The van der Waals surface area contributed by atoms with Crippen molar-refractivity contribution >= 4 is 17.3 Å². The van der Waals surface area contributed by atoms with Gasteiger partial charge in [-0.15, -0.1) is 0 Å². The number of benzene rings is 1. The van der Waals surface area contributed by atoms with Crippen LogP contribution in [0, 0.1) is 5.92 Å². The first-order valence-electron chi connectivity index (χ1n) is 7.16. The van der Waals surface area contributed by atoms with E-state index in [-0.39, 0.29) is 5.56 Å². The van der Waals surface area contributed by atoms with E-state index in [0.717, 1.165) is 13.1 Å². The van der Waals surface area contributed by atoms with E-state index in [4.69, 9.17) is 10.8 Å². The zero-order valence-corrected chi connectivity index (χ0v) is 11.9. The van der Waals surface area contributed by atoms with Gasteiger partial charge in [0.15, 0.2) is 0 Å². The van der Waals surface area contributed by atoms with E-state index in [1.807, 2.05) is 6.07 Å². The monoisotopic (exact) mass is 277 g/mol. The molecular weight excluding hydrogens is 254 g/mol. The summed E-state index contributed by atoms with van der Waals surface area (Å²) in [6.45, 7) is 6.46. The van der Waals surface area contributed by atoms with Crippen molar-refractivity contribution in [2.75, 3.05) is 37.2 Å². The molecule has 0 bridgehead atoms. The average molecular weight is 277 g/mol. The molecule has 0 aromatic heterocycles. The van der Waals surface area contributed by atoms with Gasteiger partial charge >= 0.3 is 5.97 Å². The Morgan fingerprint density at radius 1 is 1.45 bits per heavy atom. The topological polar surface area (TPSA) is 78.6 Å². The predicted molar refractivity (Wildman–Crippen MR) is 81.1 cm³/mol. The molecule has 1 saturated heterocycles. The Morgan fingerprint density at radius 3 is 2.80 bits per heavy atom. The van der Waals surface area contributed by atoms with E-state index in [9.17, 15) is 4.79 Å². The van der Waals surface area contributed by atoms with Crippen molar-refractivity contribution in [2.24, 2.45) is 5.92 Å². The molecule has 1 unspecified atom stereocenters. The molecule has 4 N–H and O–H groups in total. The molecule has 1 atom stereocenters. The molecule has 0 radical (unpaired) electrons. The van der Waals surface area contributed by atoms with Crippen molar-refractivity contribution < 1.29 is 9.90 Å². The van der Waals surface area contributed by atoms with E-state index >= 15 is 0 Å². The third-order valence-corrected chi connectivity index (χ3v) is 3.75. The van der Waals surface area contributed by atoms with Crippen molar-refractivity contribution in [3.63, 3.8) is 0 Å². The molecule has 20 heavy (non-hydrogen) atoms. The third-order valence-electron chi connectivity index (χ3n) is 3.75. The maximum absolute atomic E-state index is 11.0. The van der Waals surface area contributed by atoms with Gasteiger partial charge in [0.25, 0.3) is 0 Å². The molecule has 5 nitrogen and oxygen atoms in total. The zero-order chi connectivity index (χ0) is 14.5. The first-order valence-corrected chi connectivity index (χ1v) is 7.16. The highest BCUT2D eigenvalue weighted by molar-refractivity contribution is 5.97. The van der Waals surface area contributed by atoms with Crippen molar-refractivity contribution in [2.45, 2.75) is 19.8 Å². The summed E-state index contributed by atoms with van der Waals surface area (Å²) in [6, 6.07) is 5.06. The summed E-state index contributed by atoms with van der Waals surface area (Å²) in [5, 5.41) is 12.3. The van der Waals surface area contributed by atoms with Gasteiger partial charge in [0.1, 0.15) is 0 Å². The number of carboxylic acid groups (broad SMARTS) is 1. The number of nitrogens with one attached hydrogen (secondary N) is 1. The summed E-state index contributed by atoms with van der Waals surface area (Å²) in [7, 11) is 0. The second-order valence-electron chi connectivity index (χ2n) is 5.57. The van der Waals surface area contributed by atoms with Crippen LogP contribution in [0.1, 0.15) is 30.1 Å². The lowest BCUT2D eigenvalue weighted by atomic mass is 10.1. The molecule has 0 amide bonds. The number of aromatic carboxylic acids is 1. The lowest BCUT2D eigenvalue weighted by Gasteiger charge is -2.21. The van der Waals surface area contributed by atoms with Gasteiger partial charge in [-0.2, -0.15) is 0 Å². The highest BCUT2D eigenvalue weighted by atomic mass is 16.4. The zero-order valence-electron chi connectivity index (χ0n) is 11.9. The quantitative estimate of drug-likeness (QED) is 0.694. The molecule has 1 aliphatic heterocycles. The first-order chi connectivity index (χ1) is 9.58. The summed E-state index contributed by atoms with van der Waals surface area (Å²) in [5.74, 6) is -0.489. The minimum absolute atomic E-state index is 0.155. The Hall–Kier alpha value is -1.75. The Balaban J connectivity index is 1.90. The Bertz CT molecular complexity index is 470. The van der Waals surface area contributed by atoms with Crippen LogP contribution in [-0.4, -0.2) is 42.2 Å². The number of anilines is 2. The largest absolute Gasteiger partial charge is 0.478 e. The highest BCUT2D eigenvalue weighted by Crippen LogP contribution is 2.23. The molecule has 110 valence electrons. The maximum Gasteiger partial charge on any atom is 0.337 e. The number of rotatable bonds is 6. The minimum Gasteiger partial charge on any atom is -0.478 e. The van der Waals surface area contributed by atoms with Crippen molar-refractivity contribution in [3.8, 4) is 0 Å². The maximum atomic E-state index is 11.0. The van der Waals surface area contributed by atoms with Gasteiger partial charge in [-0.1, -0.05) is 13.0 Å². The first kappa shape index (κ1) is 14.7. The smallest absolute Gasteiger partial charge is 0.337 e. The number of nitrogens with two attached hydrogens (primary N) is 1. The summed E-state index contributed by atoms with van der Waals surface area (Å²) in [5.41, 5.74) is 7.06. The molecular formula is C15H23N3O2. The van der Waals surface area contributed by atoms with Gasteiger partial charge in [-0.3, -0.25) is 0 Å². The molecule has 1 aromatic carbocycles. The normalized spacial score (nSPS) is 17.1. The van der Waals surface area contributed by atoms with Gasteiger partial charge < -0.3 is 21.1 Å². The molecule has 5 heteroatoms. The number of carbonyl (C=O) groups is 1. The Kier molecular flexibility index (Phi) is 4.84. The van der Waals surface area contributed by atoms with Crippen molar-refractivity contribution in [1.29, 1.82) is 0 Å². The third kappa shape index (κ3) is 3.63. The molecule has 2 rings (SSSR count). The second-order valence-corrected chi connectivity index (χ2v) is 5.57. The Morgan fingerprint density at radius 2 is 2.15 bits per heavy atom. The van der Waals surface area contributed by atoms with E-state index in [1.165, 1.54) is 32.0 Å². The predicted octanol–water partition coefficient (Wildman–Crippen LogP) is 2.11. The lowest BCUT2D eigenvalue weighted by Crippen LogP contribution is -2.29. The average Bonchev–Trinajstić information content (AvgIpc) is 2.90. The van der Waals surface area contributed by atoms with E-state index < -0.39 is 5.97 Å². The molecule has 1 fully saturated rings. The fraction of sp³-hybridized carbons (Fsp3) is 0.533. The van der Waals surface area contributed by atoms with Crippen LogP contribution in [0.5, 0.6) is 0 Å². The van der Waals surface area contributed by atoms with Crippen LogP contribution >= 0.6 is 0 Å². The minimum atomic E-state index is -0.990. The van der Waals surface area contributed by atoms with E-state index in [2.05, 4.69) is 17.1 Å². The molecule has 1 heterocycles. The molecule has 1 aliphatic rings. The molecule has 1 aromatic rings. The number of nitrogens with zero attached hydrogens (tertiary/aromatic N) is 1. The van der Waals surface area contributed by atoms with Gasteiger partial charge in [0, 0.05) is 13.1 Å². The van der Waals surface area contributed by atoms with Crippen LogP contribution in [0.3, 0.4) is 0 Å². The van der Waals surface area contributed by atoms with E-state index in [1.54, 1.807) is 6.07 Å². The number of hydrogen-bond donors (Lipinski definition) is 3. The SMILES string of the molecule is CC(CNc1cccc(C(=O)O)c1N)CN1CCCC1. The fourth-order valence-corrected chi connectivity index (χ4v) is 2.66. The van der Waals surface area contributed by atoms with E-state index in [0.29, 0.717) is 17.3 Å². The summed E-state index contributed by atoms with van der Waals surface area (Å²) in [4.78, 5) is 13.5. The lowest BCUT2D eigenvalue weighted by molar-refractivity contribution is 0.0698. The van der Waals surface area contributed by atoms with Gasteiger partial charge in [-0.25, -0.2) is 4.79 Å². The number of carboxylic acids is 1. The van der Waals surface area contributed by atoms with Crippen molar-refractivity contribution in [1.82, 2.24) is 4.90 Å². The summed E-state index contributed by atoms with van der Waals surface area (Å²) < 4.78 is 0. The van der Waals surface area contributed by atoms with Crippen LogP contribution < -0.4 is 11.1 Å².